The Kier molecular flexibility index (Phi) is 8.25. The zero-order valence-electron chi connectivity index (χ0n) is 17.4. The molecule has 0 saturated heterocycles. The van der Waals surface area contributed by atoms with E-state index in [0.717, 1.165) is 10.0 Å². The normalized spacial score (nSPS) is 11.5. The molecule has 5 nitrogen and oxygen atoms in total. The highest BCUT2D eigenvalue weighted by atomic mass is 79.9. The van der Waals surface area contributed by atoms with Crippen LogP contribution >= 0.6 is 31.9 Å². The number of aromatic hydroxyl groups is 1. The predicted molar refractivity (Wildman–Crippen MR) is 135 cm³/mol. The van der Waals surface area contributed by atoms with Crippen LogP contribution in [0.25, 0.3) is 4.48 Å². The van der Waals surface area contributed by atoms with E-state index in [1.807, 2.05) is 37.3 Å². The molecule has 2 amide bonds. The Hall–Kier alpha value is -2.90. The van der Waals surface area contributed by atoms with Gasteiger partial charge < -0.3 is 15.3 Å². The van der Waals surface area contributed by atoms with Crippen molar-refractivity contribution in [2.75, 3.05) is 11.4 Å². The largest absolute Gasteiger partial charge is 0.508 e. The summed E-state index contributed by atoms with van der Waals surface area (Å²) in [5, 5.41) is 12.5. The number of nitrogens with one attached hydrogen (secondary N) is 1. The number of carbonyl (C=O) groups excluding carboxylic acids is 2. The van der Waals surface area contributed by atoms with E-state index in [0.29, 0.717) is 28.7 Å². The lowest BCUT2D eigenvalue weighted by atomic mass is 10.1. The number of nitrogens with zero attached hydrogens (tertiary/aromatic N) is 1. The highest BCUT2D eigenvalue weighted by Crippen LogP contribution is 2.32. The van der Waals surface area contributed by atoms with Crippen LogP contribution in [0.4, 0.5) is 5.69 Å². The van der Waals surface area contributed by atoms with Gasteiger partial charge in [-0.2, -0.15) is 0 Å². The number of halogens is 2. The van der Waals surface area contributed by atoms with Crippen LogP contribution in [0.1, 0.15) is 29.3 Å². The Balaban J connectivity index is 2.08. The number of phenols is 1. The molecular weight excluding hydrogens is 536 g/mol. The molecule has 0 heterocycles. The van der Waals surface area contributed by atoms with Gasteiger partial charge in [0.15, 0.2) is 0 Å². The molecule has 0 spiro atoms. The molecule has 0 unspecified atom stereocenters. The van der Waals surface area contributed by atoms with E-state index in [-0.39, 0.29) is 23.3 Å². The van der Waals surface area contributed by atoms with E-state index in [1.165, 1.54) is 12.1 Å². The van der Waals surface area contributed by atoms with E-state index in [1.54, 1.807) is 41.3 Å². The van der Waals surface area contributed by atoms with Crippen molar-refractivity contribution in [2.24, 2.45) is 0 Å². The van der Waals surface area contributed by atoms with Crippen LogP contribution in [-0.2, 0) is 4.79 Å². The first kappa shape index (κ1) is 23.8. The Morgan fingerprint density at radius 3 is 2.19 bits per heavy atom. The zero-order valence-corrected chi connectivity index (χ0v) is 20.6. The molecule has 0 atom stereocenters. The van der Waals surface area contributed by atoms with Crippen molar-refractivity contribution < 1.29 is 14.7 Å². The van der Waals surface area contributed by atoms with Gasteiger partial charge in [0.25, 0.3) is 11.8 Å². The molecule has 3 aromatic rings. The predicted octanol–water partition coefficient (Wildman–Crippen LogP) is 6.09. The summed E-state index contributed by atoms with van der Waals surface area (Å²) in [5.41, 5.74) is 1.91. The summed E-state index contributed by atoms with van der Waals surface area (Å²) in [4.78, 5) is 28.3. The molecular formula is C25H22Br2N2O3. The number of phenolic OH excluding ortho intramolecular Hbond substituents is 1. The molecule has 3 rings (SSSR count). The van der Waals surface area contributed by atoms with Crippen LogP contribution in [0.2, 0.25) is 0 Å². The van der Waals surface area contributed by atoms with E-state index in [2.05, 4.69) is 37.2 Å². The molecule has 164 valence electrons. The van der Waals surface area contributed by atoms with Crippen LogP contribution in [0.5, 0.6) is 5.75 Å². The number of amides is 2. The topological polar surface area (TPSA) is 69.6 Å². The van der Waals surface area contributed by atoms with Gasteiger partial charge in [0.2, 0.25) is 0 Å². The Morgan fingerprint density at radius 2 is 1.56 bits per heavy atom. The smallest absolute Gasteiger partial charge is 0.275 e. The quantitative estimate of drug-likeness (QED) is 0.345. The first-order chi connectivity index (χ1) is 15.4. The lowest BCUT2D eigenvalue weighted by Crippen LogP contribution is -2.39. The Labute approximate surface area is 204 Å². The maximum absolute atomic E-state index is 13.8. The fourth-order valence-corrected chi connectivity index (χ4v) is 4.45. The van der Waals surface area contributed by atoms with Gasteiger partial charge >= 0.3 is 0 Å². The maximum atomic E-state index is 13.8. The number of carbonyl (C=O) groups is 2. The fourth-order valence-electron chi connectivity index (χ4n) is 3.09. The van der Waals surface area contributed by atoms with Gasteiger partial charge in [-0.15, -0.1) is 0 Å². The van der Waals surface area contributed by atoms with E-state index < -0.39 is 0 Å². The van der Waals surface area contributed by atoms with E-state index in [4.69, 9.17) is 0 Å². The highest BCUT2D eigenvalue weighted by Gasteiger charge is 2.25. The van der Waals surface area contributed by atoms with Gasteiger partial charge in [0, 0.05) is 27.8 Å². The zero-order chi connectivity index (χ0) is 23.1. The second-order valence-corrected chi connectivity index (χ2v) is 8.61. The van der Waals surface area contributed by atoms with E-state index >= 15 is 0 Å². The van der Waals surface area contributed by atoms with Crippen LogP contribution in [0, 0.1) is 0 Å². The molecule has 0 saturated carbocycles. The standard InChI is InChI=1S/C25H22Br2N2O3/c1-2-16-29(18-12-14-19(30)15-13-18)25(32)23(22(27)20-10-6-7-11-21(20)26)28-24(31)17-8-4-3-5-9-17/h3-15,30H,2,16H2,1H3,(H,28,31)/b23-22+. The summed E-state index contributed by atoms with van der Waals surface area (Å²) in [5.74, 6) is -0.648. The molecule has 0 fully saturated rings. The summed E-state index contributed by atoms with van der Waals surface area (Å²) in [6, 6.07) is 22.6. The fraction of sp³-hybridized carbons (Fsp3) is 0.120. The third-order valence-electron chi connectivity index (χ3n) is 4.67. The van der Waals surface area contributed by atoms with E-state index in [9.17, 15) is 14.7 Å². The van der Waals surface area contributed by atoms with Crippen molar-refractivity contribution in [2.45, 2.75) is 13.3 Å². The molecule has 2 N–H and O–H groups in total. The molecule has 0 aliphatic rings. The summed E-state index contributed by atoms with van der Waals surface area (Å²) < 4.78 is 1.23. The average Bonchev–Trinajstić information content (AvgIpc) is 2.81. The first-order valence-electron chi connectivity index (χ1n) is 10.0. The van der Waals surface area contributed by atoms with Gasteiger partial charge in [-0.25, -0.2) is 0 Å². The SMILES string of the molecule is CCCN(C(=O)/C(NC(=O)c1ccccc1)=C(\Br)c1ccccc1Br)c1ccc(O)cc1. The number of anilines is 1. The summed E-state index contributed by atoms with van der Waals surface area (Å²) in [6.07, 6.45) is 0.708. The third kappa shape index (κ3) is 5.66. The van der Waals surface area contributed by atoms with Crippen molar-refractivity contribution in [3.05, 3.63) is 100 Å². The van der Waals surface area contributed by atoms with Crippen molar-refractivity contribution in [1.82, 2.24) is 5.32 Å². The van der Waals surface area contributed by atoms with Crippen LogP contribution < -0.4 is 10.2 Å². The van der Waals surface area contributed by atoms with Crippen LogP contribution in [0.15, 0.2) is 89.0 Å². The van der Waals surface area contributed by atoms with Gasteiger partial charge in [-0.3, -0.25) is 9.59 Å². The molecule has 3 aromatic carbocycles. The van der Waals surface area contributed by atoms with Crippen molar-refractivity contribution >= 4 is 53.8 Å². The number of rotatable bonds is 7. The molecule has 7 heteroatoms. The van der Waals surface area contributed by atoms with Crippen LogP contribution in [-0.4, -0.2) is 23.5 Å². The van der Waals surface area contributed by atoms with Crippen LogP contribution in [0.3, 0.4) is 0 Å². The molecule has 32 heavy (non-hydrogen) atoms. The number of benzene rings is 3. The van der Waals surface area contributed by atoms with Crippen molar-refractivity contribution in [1.29, 1.82) is 0 Å². The van der Waals surface area contributed by atoms with Gasteiger partial charge in [0.1, 0.15) is 11.4 Å². The van der Waals surface area contributed by atoms with Crippen molar-refractivity contribution in [3.63, 3.8) is 0 Å². The average molecular weight is 558 g/mol. The minimum Gasteiger partial charge on any atom is -0.508 e. The Bertz CT molecular complexity index is 1130. The maximum Gasteiger partial charge on any atom is 0.275 e. The second-order valence-electron chi connectivity index (χ2n) is 6.96. The lowest BCUT2D eigenvalue weighted by Gasteiger charge is -2.25. The third-order valence-corrected chi connectivity index (χ3v) is 6.19. The lowest BCUT2D eigenvalue weighted by molar-refractivity contribution is -0.115. The summed E-state index contributed by atoms with van der Waals surface area (Å²) in [7, 11) is 0. The van der Waals surface area contributed by atoms with Crippen molar-refractivity contribution in [3.8, 4) is 5.75 Å². The molecule has 0 aliphatic heterocycles. The second kappa shape index (κ2) is 11.1. The molecule has 0 aliphatic carbocycles. The summed E-state index contributed by atoms with van der Waals surface area (Å²) in [6.45, 7) is 2.40. The monoisotopic (exact) mass is 556 g/mol. The molecule has 0 bridgehead atoms. The minimum absolute atomic E-state index is 0.111. The summed E-state index contributed by atoms with van der Waals surface area (Å²) >= 11 is 7.07. The first-order valence-corrected chi connectivity index (χ1v) is 11.6. The number of hydrogen-bond acceptors (Lipinski definition) is 3. The highest BCUT2D eigenvalue weighted by molar-refractivity contribution is 9.15. The molecule has 0 radical (unpaired) electrons. The van der Waals surface area contributed by atoms with Gasteiger partial charge in [0.05, 0.1) is 4.48 Å². The van der Waals surface area contributed by atoms with Gasteiger partial charge in [-0.05, 0) is 64.8 Å². The molecule has 0 aromatic heterocycles. The Morgan fingerprint density at radius 1 is 0.938 bits per heavy atom. The van der Waals surface area contributed by atoms with Gasteiger partial charge in [-0.1, -0.05) is 59.3 Å². The number of hydrogen-bond donors (Lipinski definition) is 2. The minimum atomic E-state index is -0.389.